The molecule has 0 atom stereocenters. The second-order valence-corrected chi connectivity index (χ2v) is 1.43. The first-order valence-electron chi connectivity index (χ1n) is 2.36. The molecular formula is C6H6NO. The smallest absolute Gasteiger partial charge is 0.124 e. The van der Waals surface area contributed by atoms with Crippen molar-refractivity contribution in [1.82, 2.24) is 5.16 Å². The molecule has 1 radical (unpaired) electrons. The molecule has 0 spiro atoms. The van der Waals surface area contributed by atoms with E-state index in [0.717, 1.165) is 5.69 Å². The van der Waals surface area contributed by atoms with Gasteiger partial charge in [-0.15, -0.1) is 0 Å². The summed E-state index contributed by atoms with van der Waals surface area (Å²) in [5.74, 6) is 0. The summed E-state index contributed by atoms with van der Waals surface area (Å²) in [5, 5.41) is 3.62. The maximum Gasteiger partial charge on any atom is 0.124 e. The summed E-state index contributed by atoms with van der Waals surface area (Å²) in [6, 6.07) is 1.78. The average Bonchev–Trinajstić information content (AvgIpc) is 2.19. The molecule has 0 saturated heterocycles. The van der Waals surface area contributed by atoms with Crippen LogP contribution in [0.3, 0.4) is 0 Å². The summed E-state index contributed by atoms with van der Waals surface area (Å²) >= 11 is 0. The summed E-state index contributed by atoms with van der Waals surface area (Å²) in [7, 11) is 0. The molecule has 1 aromatic rings. The van der Waals surface area contributed by atoms with E-state index in [1.807, 2.05) is 0 Å². The molecule has 8 heavy (non-hydrogen) atoms. The Bertz CT molecular complexity index is 155. The standard InChI is InChI=1S/C6H6NO/c1-2-3-6-4-5-8-7-6/h1-2,4-5H,3H2. The molecule has 2 nitrogen and oxygen atoms in total. The van der Waals surface area contributed by atoms with E-state index in [9.17, 15) is 0 Å². The first-order valence-corrected chi connectivity index (χ1v) is 2.36. The average molecular weight is 108 g/mol. The molecule has 1 rings (SSSR count). The van der Waals surface area contributed by atoms with Gasteiger partial charge in [0.1, 0.15) is 6.26 Å². The molecule has 2 heteroatoms. The van der Waals surface area contributed by atoms with Gasteiger partial charge in [0.2, 0.25) is 0 Å². The monoisotopic (exact) mass is 108 g/mol. The lowest BCUT2D eigenvalue weighted by Gasteiger charge is -1.77. The zero-order valence-corrected chi connectivity index (χ0v) is 4.37. The molecule has 0 amide bonds. The van der Waals surface area contributed by atoms with Gasteiger partial charge in [0, 0.05) is 12.5 Å². The van der Waals surface area contributed by atoms with Crippen LogP contribution in [0.4, 0.5) is 0 Å². The zero-order chi connectivity index (χ0) is 5.82. The van der Waals surface area contributed by atoms with Crippen LogP contribution in [0.2, 0.25) is 0 Å². The van der Waals surface area contributed by atoms with Crippen LogP contribution >= 0.6 is 0 Å². The molecule has 0 aliphatic rings. The van der Waals surface area contributed by atoms with Crippen LogP contribution < -0.4 is 0 Å². The lowest BCUT2D eigenvalue weighted by atomic mass is 10.3. The first kappa shape index (κ1) is 5.09. The highest BCUT2D eigenvalue weighted by atomic mass is 16.5. The highest BCUT2D eigenvalue weighted by molar-refractivity contribution is 4.99. The number of hydrogen-bond acceptors (Lipinski definition) is 2. The zero-order valence-electron chi connectivity index (χ0n) is 4.37. The maximum absolute atomic E-state index is 5.11. The van der Waals surface area contributed by atoms with Gasteiger partial charge in [0.15, 0.2) is 0 Å². The summed E-state index contributed by atoms with van der Waals surface area (Å²) < 4.78 is 4.54. The van der Waals surface area contributed by atoms with E-state index >= 15 is 0 Å². The minimum absolute atomic E-state index is 0.677. The number of rotatable bonds is 2. The van der Waals surface area contributed by atoms with Gasteiger partial charge in [-0.25, -0.2) is 0 Å². The lowest BCUT2D eigenvalue weighted by molar-refractivity contribution is 0.413. The van der Waals surface area contributed by atoms with Gasteiger partial charge in [0.05, 0.1) is 5.69 Å². The highest BCUT2D eigenvalue weighted by Crippen LogP contribution is 1.94. The Morgan fingerprint density at radius 2 is 2.75 bits per heavy atom. The van der Waals surface area contributed by atoms with E-state index in [1.54, 1.807) is 6.07 Å². The van der Waals surface area contributed by atoms with E-state index in [2.05, 4.69) is 9.68 Å². The largest absolute Gasteiger partial charge is 0.365 e. The van der Waals surface area contributed by atoms with Gasteiger partial charge in [-0.05, 0) is 0 Å². The van der Waals surface area contributed by atoms with Gasteiger partial charge in [-0.1, -0.05) is 17.8 Å². The maximum atomic E-state index is 5.11. The first-order chi connectivity index (χ1) is 3.93. The molecule has 0 bridgehead atoms. The number of nitrogens with zero attached hydrogens (tertiary/aromatic N) is 1. The molecule has 0 fully saturated rings. The molecule has 0 saturated carbocycles. The van der Waals surface area contributed by atoms with Gasteiger partial charge >= 0.3 is 0 Å². The molecule has 1 aromatic heterocycles. The Kier molecular flexibility index (Phi) is 1.47. The third-order valence-electron chi connectivity index (χ3n) is 0.818. The van der Waals surface area contributed by atoms with Crippen molar-refractivity contribution in [3.8, 4) is 0 Å². The van der Waals surface area contributed by atoms with E-state index < -0.39 is 0 Å². The molecule has 0 unspecified atom stereocenters. The third-order valence-corrected chi connectivity index (χ3v) is 0.818. The van der Waals surface area contributed by atoms with Crippen molar-refractivity contribution in [2.75, 3.05) is 0 Å². The number of allylic oxidation sites excluding steroid dienone is 1. The van der Waals surface area contributed by atoms with Gasteiger partial charge in [0.25, 0.3) is 0 Å². The van der Waals surface area contributed by atoms with E-state index in [4.69, 9.17) is 6.58 Å². The van der Waals surface area contributed by atoms with E-state index in [0.29, 0.717) is 6.42 Å². The highest BCUT2D eigenvalue weighted by Gasteiger charge is 1.88. The predicted octanol–water partition coefficient (Wildman–Crippen LogP) is 1.21. The number of aromatic nitrogens is 1. The summed E-state index contributed by atoms with van der Waals surface area (Å²) in [5.41, 5.74) is 0.868. The third kappa shape index (κ3) is 0.964. The quantitative estimate of drug-likeness (QED) is 0.569. The fraction of sp³-hybridized carbons (Fsp3) is 0.167. The lowest BCUT2D eigenvalue weighted by Crippen LogP contribution is -1.75. The molecular weight excluding hydrogens is 102 g/mol. The predicted molar refractivity (Wildman–Crippen MR) is 29.1 cm³/mol. The summed E-state index contributed by atoms with van der Waals surface area (Å²) in [4.78, 5) is 0. The molecule has 1 heterocycles. The molecule has 0 aliphatic carbocycles. The fourth-order valence-electron chi connectivity index (χ4n) is 0.464. The van der Waals surface area contributed by atoms with E-state index in [-0.39, 0.29) is 0 Å². The van der Waals surface area contributed by atoms with Crippen molar-refractivity contribution >= 4 is 0 Å². The van der Waals surface area contributed by atoms with Crippen LogP contribution in [0, 0.1) is 6.58 Å². The van der Waals surface area contributed by atoms with Gasteiger partial charge in [-0.2, -0.15) is 0 Å². The van der Waals surface area contributed by atoms with Crippen LogP contribution in [0.15, 0.2) is 22.9 Å². The fourth-order valence-corrected chi connectivity index (χ4v) is 0.464. The van der Waals surface area contributed by atoms with Crippen molar-refractivity contribution in [2.45, 2.75) is 6.42 Å². The van der Waals surface area contributed by atoms with Crippen molar-refractivity contribution < 1.29 is 4.52 Å². The molecule has 0 aliphatic heterocycles. The van der Waals surface area contributed by atoms with Crippen molar-refractivity contribution in [3.63, 3.8) is 0 Å². The minimum Gasteiger partial charge on any atom is -0.365 e. The molecule has 0 N–H and O–H groups in total. The second kappa shape index (κ2) is 2.31. The Morgan fingerprint density at radius 3 is 3.25 bits per heavy atom. The molecule has 0 aromatic carbocycles. The Balaban J connectivity index is 2.62. The number of hydrogen-bond donors (Lipinski definition) is 0. The Morgan fingerprint density at radius 1 is 1.88 bits per heavy atom. The van der Waals surface area contributed by atoms with Crippen LogP contribution in [0.5, 0.6) is 0 Å². The van der Waals surface area contributed by atoms with Crippen LogP contribution in [-0.2, 0) is 6.42 Å². The summed E-state index contributed by atoms with van der Waals surface area (Å²) in [6.07, 6.45) is 3.74. The van der Waals surface area contributed by atoms with Crippen LogP contribution in [-0.4, -0.2) is 5.16 Å². The van der Waals surface area contributed by atoms with Crippen molar-refractivity contribution in [3.05, 3.63) is 30.7 Å². The van der Waals surface area contributed by atoms with Crippen molar-refractivity contribution in [2.24, 2.45) is 0 Å². The SMILES string of the molecule is [CH]=CCc1ccon1. The van der Waals surface area contributed by atoms with Crippen LogP contribution in [0.1, 0.15) is 5.69 Å². The summed E-state index contributed by atoms with van der Waals surface area (Å²) in [6.45, 7) is 5.11. The van der Waals surface area contributed by atoms with Gasteiger partial charge < -0.3 is 4.52 Å². The molecule has 41 valence electrons. The second-order valence-electron chi connectivity index (χ2n) is 1.43. The Labute approximate surface area is 47.8 Å². The van der Waals surface area contributed by atoms with Crippen molar-refractivity contribution in [1.29, 1.82) is 0 Å². The van der Waals surface area contributed by atoms with E-state index in [1.165, 1.54) is 12.3 Å². The normalized spacial score (nSPS) is 9.00. The minimum atomic E-state index is 0.677. The Hall–Kier alpha value is -1.05. The van der Waals surface area contributed by atoms with Gasteiger partial charge in [-0.3, -0.25) is 0 Å². The topological polar surface area (TPSA) is 26.0 Å². The van der Waals surface area contributed by atoms with Crippen LogP contribution in [0.25, 0.3) is 0 Å².